The number of rotatable bonds is 3. The number of nitrogens with zero attached hydrogens (tertiary/aromatic N) is 1. The van der Waals surface area contributed by atoms with E-state index in [-0.39, 0.29) is 25.5 Å². The van der Waals surface area contributed by atoms with Gasteiger partial charge in [0.1, 0.15) is 0 Å². The van der Waals surface area contributed by atoms with E-state index >= 15 is 0 Å². The molecule has 0 saturated heterocycles. The third-order valence-electron chi connectivity index (χ3n) is 5.07. The van der Waals surface area contributed by atoms with Gasteiger partial charge >= 0.3 is 5.97 Å². The number of fused-ring (bicyclic) bond motifs is 3. The van der Waals surface area contributed by atoms with Crippen LogP contribution in [0, 0.1) is 0 Å². The summed E-state index contributed by atoms with van der Waals surface area (Å²) in [5.74, 6) is -0.385. The molecule has 0 spiro atoms. The van der Waals surface area contributed by atoms with E-state index in [9.17, 15) is 13.2 Å². The SMILES string of the molecule is CCOC(=O)C1=CCN2C(c3ccccc3)(C1)c1ccccc1S2(=O)=O. The second kappa shape index (κ2) is 6.07. The third-order valence-corrected chi connectivity index (χ3v) is 7.02. The van der Waals surface area contributed by atoms with Gasteiger partial charge < -0.3 is 4.74 Å². The fraction of sp³-hybridized carbons (Fsp3) is 0.250. The maximum atomic E-state index is 13.2. The molecule has 26 heavy (non-hydrogen) atoms. The van der Waals surface area contributed by atoms with Crippen LogP contribution in [0.3, 0.4) is 0 Å². The molecule has 2 aromatic carbocycles. The van der Waals surface area contributed by atoms with Gasteiger partial charge in [0.25, 0.3) is 0 Å². The van der Waals surface area contributed by atoms with Crippen LogP contribution in [0.25, 0.3) is 0 Å². The smallest absolute Gasteiger partial charge is 0.333 e. The Kier molecular flexibility index (Phi) is 3.97. The summed E-state index contributed by atoms with van der Waals surface area (Å²) in [5, 5.41) is 0. The average molecular weight is 369 g/mol. The molecule has 0 saturated carbocycles. The zero-order chi connectivity index (χ0) is 18.4. The predicted molar refractivity (Wildman–Crippen MR) is 96.9 cm³/mol. The Labute approximate surface area is 153 Å². The maximum Gasteiger partial charge on any atom is 0.333 e. The van der Waals surface area contributed by atoms with E-state index in [2.05, 4.69) is 0 Å². The Balaban J connectivity index is 1.97. The third kappa shape index (κ3) is 2.26. The summed E-state index contributed by atoms with van der Waals surface area (Å²) in [6.07, 6.45) is 1.93. The van der Waals surface area contributed by atoms with Crippen molar-refractivity contribution in [1.82, 2.24) is 4.31 Å². The number of carbonyl (C=O) groups excluding carboxylic acids is 1. The van der Waals surface area contributed by atoms with Crippen molar-refractivity contribution in [3.63, 3.8) is 0 Å². The Hall–Kier alpha value is -2.44. The van der Waals surface area contributed by atoms with Crippen LogP contribution in [0.4, 0.5) is 0 Å². The second-order valence-electron chi connectivity index (χ2n) is 6.39. The van der Waals surface area contributed by atoms with Gasteiger partial charge in [0.15, 0.2) is 0 Å². The van der Waals surface area contributed by atoms with Crippen molar-refractivity contribution in [2.45, 2.75) is 23.8 Å². The lowest BCUT2D eigenvalue weighted by Crippen LogP contribution is -2.48. The predicted octanol–water partition coefficient (Wildman–Crippen LogP) is 2.83. The zero-order valence-corrected chi connectivity index (χ0v) is 15.2. The second-order valence-corrected chi connectivity index (χ2v) is 8.22. The average Bonchev–Trinajstić information content (AvgIpc) is 2.88. The summed E-state index contributed by atoms with van der Waals surface area (Å²) >= 11 is 0. The van der Waals surface area contributed by atoms with Crippen LogP contribution in [0.2, 0.25) is 0 Å². The summed E-state index contributed by atoms with van der Waals surface area (Å²) in [6.45, 7) is 2.18. The zero-order valence-electron chi connectivity index (χ0n) is 14.4. The van der Waals surface area contributed by atoms with Crippen molar-refractivity contribution in [2.24, 2.45) is 0 Å². The van der Waals surface area contributed by atoms with Gasteiger partial charge in [0.2, 0.25) is 10.0 Å². The molecule has 0 fully saturated rings. The molecule has 5 nitrogen and oxygen atoms in total. The van der Waals surface area contributed by atoms with Gasteiger partial charge in [0.05, 0.1) is 17.0 Å². The van der Waals surface area contributed by atoms with Crippen LogP contribution in [0.1, 0.15) is 24.5 Å². The number of carbonyl (C=O) groups is 1. The quantitative estimate of drug-likeness (QED) is 0.781. The van der Waals surface area contributed by atoms with Crippen LogP contribution in [-0.4, -0.2) is 31.8 Å². The van der Waals surface area contributed by atoms with Gasteiger partial charge in [-0.1, -0.05) is 54.6 Å². The van der Waals surface area contributed by atoms with Crippen LogP contribution < -0.4 is 0 Å². The highest BCUT2D eigenvalue weighted by molar-refractivity contribution is 7.89. The van der Waals surface area contributed by atoms with Crippen molar-refractivity contribution < 1.29 is 17.9 Å². The Bertz CT molecular complexity index is 997. The molecule has 2 aliphatic rings. The van der Waals surface area contributed by atoms with Gasteiger partial charge in [-0.3, -0.25) is 0 Å². The largest absolute Gasteiger partial charge is 0.463 e. The molecule has 134 valence electrons. The molecule has 2 heterocycles. The molecule has 0 aliphatic carbocycles. The highest BCUT2D eigenvalue weighted by Crippen LogP contribution is 2.53. The van der Waals surface area contributed by atoms with Crippen LogP contribution >= 0.6 is 0 Å². The van der Waals surface area contributed by atoms with E-state index in [0.717, 1.165) is 5.56 Å². The van der Waals surface area contributed by atoms with Crippen LogP contribution in [-0.2, 0) is 25.1 Å². The number of hydrogen-bond donors (Lipinski definition) is 0. The topological polar surface area (TPSA) is 63.7 Å². The molecular formula is C20H19NO4S. The van der Waals surface area contributed by atoms with E-state index in [1.54, 1.807) is 25.1 Å². The van der Waals surface area contributed by atoms with Crippen molar-refractivity contribution in [3.8, 4) is 0 Å². The van der Waals surface area contributed by atoms with Crippen LogP contribution in [0.5, 0.6) is 0 Å². The summed E-state index contributed by atoms with van der Waals surface area (Å²) in [6, 6.07) is 16.5. The maximum absolute atomic E-state index is 13.2. The van der Waals surface area contributed by atoms with Crippen molar-refractivity contribution in [2.75, 3.05) is 13.2 Å². The summed E-state index contributed by atoms with van der Waals surface area (Å²) in [7, 11) is -3.64. The summed E-state index contributed by atoms with van der Waals surface area (Å²) < 4.78 is 33.0. The molecule has 0 amide bonds. The van der Waals surface area contributed by atoms with Crippen LogP contribution in [0.15, 0.2) is 71.1 Å². The monoisotopic (exact) mass is 369 g/mol. The minimum atomic E-state index is -3.64. The van der Waals surface area contributed by atoms with Crippen molar-refractivity contribution in [3.05, 3.63) is 77.4 Å². The molecule has 0 aromatic heterocycles. The van der Waals surface area contributed by atoms with Gasteiger partial charge in [0, 0.05) is 18.5 Å². The van der Waals surface area contributed by atoms with E-state index in [4.69, 9.17) is 4.74 Å². The Morgan fingerprint density at radius 3 is 2.54 bits per heavy atom. The number of hydrogen-bond acceptors (Lipinski definition) is 4. The number of ether oxygens (including phenoxy) is 1. The molecular weight excluding hydrogens is 350 g/mol. The fourth-order valence-corrected chi connectivity index (χ4v) is 5.92. The van der Waals surface area contributed by atoms with Crippen molar-refractivity contribution >= 4 is 16.0 Å². The standard InChI is InChI=1S/C20H19NO4S/c1-2-25-19(22)15-12-13-21-20(14-15,16-8-4-3-5-9-16)17-10-6-7-11-18(17)26(21,23)24/h3-12H,2,13-14H2,1H3. The minimum Gasteiger partial charge on any atom is -0.463 e. The van der Waals surface area contributed by atoms with Crippen molar-refractivity contribution in [1.29, 1.82) is 0 Å². The Morgan fingerprint density at radius 1 is 1.12 bits per heavy atom. The lowest BCUT2D eigenvalue weighted by Gasteiger charge is -2.41. The summed E-state index contributed by atoms with van der Waals surface area (Å²) in [5.41, 5.74) is 1.15. The molecule has 2 aromatic rings. The first-order valence-corrected chi connectivity index (χ1v) is 10.00. The number of esters is 1. The highest BCUT2D eigenvalue weighted by Gasteiger charge is 2.56. The van der Waals surface area contributed by atoms with Gasteiger partial charge in [-0.2, -0.15) is 4.31 Å². The molecule has 1 atom stereocenters. The molecule has 4 rings (SSSR count). The van der Waals surface area contributed by atoms with Gasteiger partial charge in [-0.05, 0) is 24.1 Å². The van der Waals surface area contributed by atoms with Gasteiger partial charge in [-0.15, -0.1) is 0 Å². The van der Waals surface area contributed by atoms with E-state index in [0.29, 0.717) is 16.0 Å². The normalized spacial score (nSPS) is 23.7. The first-order valence-electron chi connectivity index (χ1n) is 8.56. The van der Waals surface area contributed by atoms with Gasteiger partial charge in [-0.25, -0.2) is 13.2 Å². The minimum absolute atomic E-state index is 0.139. The fourth-order valence-electron chi connectivity index (χ4n) is 3.96. The number of sulfonamides is 1. The first kappa shape index (κ1) is 17.0. The highest BCUT2D eigenvalue weighted by atomic mass is 32.2. The molecule has 2 aliphatic heterocycles. The molecule has 1 unspecified atom stereocenters. The van der Waals surface area contributed by atoms with E-state index in [1.807, 2.05) is 42.5 Å². The molecule has 6 heteroatoms. The molecule has 0 bridgehead atoms. The lowest BCUT2D eigenvalue weighted by atomic mass is 9.76. The first-order chi connectivity index (χ1) is 12.5. The number of benzene rings is 2. The molecule has 0 radical (unpaired) electrons. The van der Waals surface area contributed by atoms with E-state index in [1.165, 1.54) is 4.31 Å². The van der Waals surface area contributed by atoms with E-state index < -0.39 is 15.6 Å². The molecule has 0 N–H and O–H groups in total. The lowest BCUT2D eigenvalue weighted by molar-refractivity contribution is -0.139. The summed E-state index contributed by atoms with van der Waals surface area (Å²) in [4.78, 5) is 12.7. The Morgan fingerprint density at radius 2 is 1.81 bits per heavy atom.